The molecule has 0 bridgehead atoms. The number of hydrogen-bond donors (Lipinski definition) is 1. The fourth-order valence-corrected chi connectivity index (χ4v) is 4.27. The number of hydrogen-bond acceptors (Lipinski definition) is 7. The van der Waals surface area contributed by atoms with Gasteiger partial charge in [0.05, 0.1) is 37.2 Å². The smallest absolute Gasteiger partial charge is 0.318 e. The summed E-state index contributed by atoms with van der Waals surface area (Å²) < 4.78 is 10.7. The van der Waals surface area contributed by atoms with Crippen LogP contribution in [0, 0.1) is 6.92 Å². The number of morpholine rings is 1. The van der Waals surface area contributed by atoms with Gasteiger partial charge in [-0.25, -0.2) is 9.78 Å². The molecule has 2 fully saturated rings. The first-order chi connectivity index (χ1) is 12.7. The zero-order valence-electron chi connectivity index (χ0n) is 14.8. The highest BCUT2D eigenvalue weighted by Crippen LogP contribution is 2.32. The van der Waals surface area contributed by atoms with Gasteiger partial charge < -0.3 is 24.4 Å². The maximum atomic E-state index is 12.6. The van der Waals surface area contributed by atoms with Crippen LogP contribution in [0.2, 0.25) is 0 Å². The van der Waals surface area contributed by atoms with E-state index < -0.39 is 0 Å². The van der Waals surface area contributed by atoms with E-state index in [-0.39, 0.29) is 12.1 Å². The molecule has 0 spiro atoms. The van der Waals surface area contributed by atoms with E-state index in [1.807, 2.05) is 23.3 Å². The third-order valence-electron chi connectivity index (χ3n) is 4.73. The summed E-state index contributed by atoms with van der Waals surface area (Å²) in [6.45, 7) is 6.26. The van der Waals surface area contributed by atoms with E-state index in [9.17, 15) is 4.79 Å². The molecule has 2 amide bonds. The van der Waals surface area contributed by atoms with Crippen LogP contribution in [0.1, 0.15) is 36.0 Å². The second kappa shape index (κ2) is 7.63. The van der Waals surface area contributed by atoms with Crippen LogP contribution in [0.3, 0.4) is 0 Å². The highest BCUT2D eigenvalue weighted by Gasteiger charge is 2.32. The Bertz CT molecular complexity index is 755. The van der Waals surface area contributed by atoms with E-state index in [2.05, 4.69) is 20.4 Å². The van der Waals surface area contributed by atoms with Gasteiger partial charge in [0.25, 0.3) is 0 Å². The second-order valence-electron chi connectivity index (χ2n) is 6.60. The number of likely N-dealkylation sites (tertiary alicyclic amines) is 1. The van der Waals surface area contributed by atoms with Crippen LogP contribution in [0.5, 0.6) is 0 Å². The number of anilines is 1. The monoisotopic (exact) mass is 377 g/mol. The first-order valence-corrected chi connectivity index (χ1v) is 9.83. The van der Waals surface area contributed by atoms with E-state index in [0.717, 1.165) is 68.0 Å². The molecule has 0 aromatic carbocycles. The van der Waals surface area contributed by atoms with Crippen molar-refractivity contribution in [3.05, 3.63) is 28.6 Å². The van der Waals surface area contributed by atoms with Crippen molar-refractivity contribution in [3.8, 4) is 0 Å². The second-order valence-corrected chi connectivity index (χ2v) is 7.44. The van der Waals surface area contributed by atoms with Crippen molar-refractivity contribution in [2.45, 2.75) is 32.4 Å². The number of nitrogens with zero attached hydrogens (tertiary/aromatic N) is 4. The predicted octanol–water partition coefficient (Wildman–Crippen LogP) is 2.32. The topological polar surface area (TPSA) is 83.7 Å². The van der Waals surface area contributed by atoms with Crippen LogP contribution in [-0.4, -0.2) is 53.9 Å². The van der Waals surface area contributed by atoms with Crippen molar-refractivity contribution in [2.24, 2.45) is 0 Å². The number of rotatable bonds is 4. The number of aryl methyl sites for hydroxylation is 1. The molecule has 2 aromatic rings. The molecule has 140 valence electrons. The largest absolute Gasteiger partial charge is 0.378 e. The lowest BCUT2D eigenvalue weighted by Gasteiger charge is -2.26. The van der Waals surface area contributed by atoms with Crippen LogP contribution >= 0.6 is 11.3 Å². The van der Waals surface area contributed by atoms with Crippen LogP contribution in [0.15, 0.2) is 16.0 Å². The van der Waals surface area contributed by atoms with E-state index in [1.54, 1.807) is 11.3 Å². The zero-order valence-corrected chi connectivity index (χ0v) is 15.6. The number of ether oxygens (including phenoxy) is 1. The van der Waals surface area contributed by atoms with E-state index in [4.69, 9.17) is 9.26 Å². The molecule has 2 aliphatic heterocycles. The van der Waals surface area contributed by atoms with Crippen molar-refractivity contribution in [2.75, 3.05) is 37.7 Å². The van der Waals surface area contributed by atoms with Gasteiger partial charge in [-0.3, -0.25) is 0 Å². The number of thiazole rings is 1. The molecule has 9 heteroatoms. The molecular formula is C17H23N5O3S. The summed E-state index contributed by atoms with van der Waals surface area (Å²) in [5.41, 5.74) is 1.72. The first kappa shape index (κ1) is 17.3. The van der Waals surface area contributed by atoms with E-state index in [0.29, 0.717) is 6.54 Å². The average Bonchev–Trinajstić information content (AvgIpc) is 3.40. The summed E-state index contributed by atoms with van der Waals surface area (Å²) in [4.78, 5) is 21.3. The lowest BCUT2D eigenvalue weighted by Crippen LogP contribution is -2.39. The van der Waals surface area contributed by atoms with Crippen molar-refractivity contribution in [1.82, 2.24) is 20.4 Å². The Morgan fingerprint density at radius 3 is 3.00 bits per heavy atom. The van der Waals surface area contributed by atoms with Crippen molar-refractivity contribution in [3.63, 3.8) is 0 Å². The molecule has 26 heavy (non-hydrogen) atoms. The standard InChI is InChI=1S/C17H23N5O3S/c1-12-9-15(25-20-12)14-3-2-4-22(14)16(23)18-10-13-11-26-17(19-13)21-5-7-24-8-6-21/h9,11,14H,2-8,10H2,1H3,(H,18,23)/t14-/m1/s1. The van der Waals surface area contributed by atoms with Gasteiger partial charge in [-0.15, -0.1) is 11.3 Å². The molecule has 8 nitrogen and oxygen atoms in total. The summed E-state index contributed by atoms with van der Waals surface area (Å²) in [7, 11) is 0. The number of carbonyl (C=O) groups is 1. The van der Waals surface area contributed by atoms with Gasteiger partial charge in [0.1, 0.15) is 0 Å². The molecule has 2 aromatic heterocycles. The Morgan fingerprint density at radius 2 is 2.23 bits per heavy atom. The maximum absolute atomic E-state index is 12.6. The predicted molar refractivity (Wildman–Crippen MR) is 97.3 cm³/mol. The van der Waals surface area contributed by atoms with Gasteiger partial charge in [-0.05, 0) is 19.8 Å². The van der Waals surface area contributed by atoms with Crippen LogP contribution in [-0.2, 0) is 11.3 Å². The molecule has 2 saturated heterocycles. The molecule has 4 rings (SSSR count). The quantitative estimate of drug-likeness (QED) is 0.880. The van der Waals surface area contributed by atoms with Crippen molar-refractivity contribution in [1.29, 1.82) is 0 Å². The molecular weight excluding hydrogens is 354 g/mol. The number of carbonyl (C=O) groups excluding carboxylic acids is 1. The van der Waals surface area contributed by atoms with Gasteiger partial charge in [0.2, 0.25) is 0 Å². The molecule has 0 aliphatic carbocycles. The van der Waals surface area contributed by atoms with Gasteiger partial charge in [-0.1, -0.05) is 5.16 Å². The summed E-state index contributed by atoms with van der Waals surface area (Å²) in [6.07, 6.45) is 1.87. The third-order valence-corrected chi connectivity index (χ3v) is 5.68. The Morgan fingerprint density at radius 1 is 1.38 bits per heavy atom. The summed E-state index contributed by atoms with van der Waals surface area (Å²) in [6, 6.07) is 1.80. The number of nitrogens with one attached hydrogen (secondary N) is 1. The molecule has 4 heterocycles. The average molecular weight is 377 g/mol. The van der Waals surface area contributed by atoms with Crippen LogP contribution in [0.25, 0.3) is 0 Å². The lowest BCUT2D eigenvalue weighted by atomic mass is 10.1. The Kier molecular flexibility index (Phi) is 5.07. The Balaban J connectivity index is 1.34. The Labute approximate surface area is 156 Å². The molecule has 0 radical (unpaired) electrons. The molecule has 2 aliphatic rings. The highest BCUT2D eigenvalue weighted by atomic mass is 32.1. The number of aromatic nitrogens is 2. The molecule has 0 unspecified atom stereocenters. The molecule has 0 saturated carbocycles. The number of urea groups is 1. The first-order valence-electron chi connectivity index (χ1n) is 8.95. The van der Waals surface area contributed by atoms with E-state index >= 15 is 0 Å². The van der Waals surface area contributed by atoms with E-state index in [1.165, 1.54) is 0 Å². The summed E-state index contributed by atoms with van der Waals surface area (Å²) in [5.74, 6) is 0.762. The minimum Gasteiger partial charge on any atom is -0.378 e. The fraction of sp³-hybridized carbons (Fsp3) is 0.588. The minimum absolute atomic E-state index is 0.0319. The van der Waals surface area contributed by atoms with Crippen molar-refractivity contribution < 1.29 is 14.1 Å². The maximum Gasteiger partial charge on any atom is 0.318 e. The zero-order chi connectivity index (χ0) is 17.9. The van der Waals surface area contributed by atoms with Crippen molar-refractivity contribution >= 4 is 22.5 Å². The molecule has 1 N–H and O–H groups in total. The van der Waals surface area contributed by atoms with Crippen LogP contribution < -0.4 is 10.2 Å². The fourth-order valence-electron chi connectivity index (χ4n) is 3.39. The number of amides is 2. The van der Waals surface area contributed by atoms with Gasteiger partial charge >= 0.3 is 6.03 Å². The van der Waals surface area contributed by atoms with Gasteiger partial charge in [0.15, 0.2) is 10.9 Å². The van der Waals surface area contributed by atoms with Gasteiger partial charge in [0, 0.05) is 31.1 Å². The summed E-state index contributed by atoms with van der Waals surface area (Å²) in [5, 5.41) is 9.93. The Hall–Kier alpha value is -2.13. The SMILES string of the molecule is Cc1cc([C@H]2CCCN2C(=O)NCc2csc(N3CCOCC3)n2)on1. The minimum atomic E-state index is -0.0810. The molecule has 1 atom stereocenters. The summed E-state index contributed by atoms with van der Waals surface area (Å²) >= 11 is 1.61. The lowest BCUT2D eigenvalue weighted by molar-refractivity contribution is 0.122. The van der Waals surface area contributed by atoms with Gasteiger partial charge in [-0.2, -0.15) is 0 Å². The normalized spacial score (nSPS) is 20.6. The third kappa shape index (κ3) is 3.68. The van der Waals surface area contributed by atoms with Crippen LogP contribution in [0.4, 0.5) is 9.93 Å². The highest BCUT2D eigenvalue weighted by molar-refractivity contribution is 7.13.